The molecule has 2 aromatic carbocycles. The molecule has 1 atom stereocenters. The Bertz CT molecular complexity index is 736. The van der Waals surface area contributed by atoms with Gasteiger partial charge in [0.15, 0.2) is 0 Å². The summed E-state index contributed by atoms with van der Waals surface area (Å²) in [5, 5.41) is 4.15. The number of benzene rings is 2. The van der Waals surface area contributed by atoms with Crippen LogP contribution >= 0.6 is 0 Å². The second-order valence-corrected chi connectivity index (χ2v) is 5.63. The fourth-order valence-electron chi connectivity index (χ4n) is 2.93. The number of hydrogen-bond donors (Lipinski definition) is 2. The van der Waals surface area contributed by atoms with Crippen LogP contribution in [0.4, 0.5) is 4.79 Å². The number of rotatable bonds is 3. The van der Waals surface area contributed by atoms with Crippen molar-refractivity contribution in [2.45, 2.75) is 18.8 Å². The summed E-state index contributed by atoms with van der Waals surface area (Å²) >= 11 is 0. The van der Waals surface area contributed by atoms with Gasteiger partial charge < -0.3 is 5.73 Å². The van der Waals surface area contributed by atoms with Crippen LogP contribution in [0.15, 0.2) is 71.8 Å². The molecule has 0 saturated carbocycles. The van der Waals surface area contributed by atoms with Gasteiger partial charge in [0.05, 0.1) is 5.71 Å². The Morgan fingerprint density at radius 2 is 1.65 bits per heavy atom. The molecular formula is C19H19N3O. The van der Waals surface area contributed by atoms with E-state index in [-0.39, 0.29) is 0 Å². The van der Waals surface area contributed by atoms with Crippen LogP contribution in [0, 0.1) is 0 Å². The summed E-state index contributed by atoms with van der Waals surface area (Å²) in [6.07, 6.45) is 3.77. The van der Waals surface area contributed by atoms with Gasteiger partial charge >= 0.3 is 6.03 Å². The Labute approximate surface area is 135 Å². The van der Waals surface area contributed by atoms with E-state index in [0.717, 1.165) is 18.6 Å². The molecule has 0 aromatic heterocycles. The molecule has 1 unspecified atom stereocenters. The van der Waals surface area contributed by atoms with Crippen LogP contribution in [-0.2, 0) is 0 Å². The first-order valence-electron chi connectivity index (χ1n) is 7.65. The van der Waals surface area contributed by atoms with Crippen molar-refractivity contribution in [3.8, 4) is 0 Å². The highest BCUT2D eigenvalue weighted by molar-refractivity contribution is 6.03. The number of hydrogen-bond acceptors (Lipinski definition) is 2. The van der Waals surface area contributed by atoms with Crippen LogP contribution < -0.4 is 11.2 Å². The molecular weight excluding hydrogens is 286 g/mol. The van der Waals surface area contributed by atoms with Gasteiger partial charge in [-0.2, -0.15) is 5.10 Å². The lowest BCUT2D eigenvalue weighted by atomic mass is 9.81. The van der Waals surface area contributed by atoms with Gasteiger partial charge in [0.2, 0.25) is 0 Å². The quantitative estimate of drug-likeness (QED) is 0.835. The van der Waals surface area contributed by atoms with Crippen LogP contribution in [0.5, 0.6) is 0 Å². The van der Waals surface area contributed by atoms with Gasteiger partial charge in [-0.25, -0.2) is 10.2 Å². The number of nitrogens with two attached hydrogens (primary N) is 1. The highest BCUT2D eigenvalue weighted by Gasteiger charge is 2.22. The standard InChI is InChI=1S/C19H19N3O/c20-19(23)22-21-18-12-16(14-7-3-1-4-8-14)11-17(13-18)15-9-5-2-6-10-15/h1-10,12,17H,11,13H2,(H3,20,22,23)/b21-18-. The first-order valence-corrected chi connectivity index (χ1v) is 7.65. The number of amides is 2. The minimum atomic E-state index is -0.644. The summed E-state index contributed by atoms with van der Waals surface area (Å²) in [6, 6.07) is 20.0. The number of nitrogens with zero attached hydrogens (tertiary/aromatic N) is 1. The molecule has 116 valence electrons. The van der Waals surface area contributed by atoms with Crippen molar-refractivity contribution in [1.29, 1.82) is 0 Å². The van der Waals surface area contributed by atoms with Crippen LogP contribution in [0.2, 0.25) is 0 Å². The maximum Gasteiger partial charge on any atom is 0.332 e. The molecule has 0 heterocycles. The van der Waals surface area contributed by atoms with Crippen molar-refractivity contribution in [3.63, 3.8) is 0 Å². The summed E-state index contributed by atoms with van der Waals surface area (Å²) in [6.45, 7) is 0. The van der Waals surface area contributed by atoms with Crippen molar-refractivity contribution in [1.82, 2.24) is 5.43 Å². The van der Waals surface area contributed by atoms with E-state index in [2.05, 4.69) is 34.8 Å². The molecule has 0 saturated heterocycles. The third kappa shape index (κ3) is 3.86. The second-order valence-electron chi connectivity index (χ2n) is 5.63. The van der Waals surface area contributed by atoms with Crippen LogP contribution in [0.1, 0.15) is 29.9 Å². The van der Waals surface area contributed by atoms with Gasteiger partial charge in [-0.15, -0.1) is 0 Å². The van der Waals surface area contributed by atoms with Crippen molar-refractivity contribution in [2.24, 2.45) is 10.8 Å². The number of nitrogens with one attached hydrogen (secondary N) is 1. The Balaban J connectivity index is 1.93. The highest BCUT2D eigenvalue weighted by Crippen LogP contribution is 2.36. The molecule has 0 radical (unpaired) electrons. The third-order valence-corrected chi connectivity index (χ3v) is 3.99. The van der Waals surface area contributed by atoms with Gasteiger partial charge in [-0.1, -0.05) is 60.7 Å². The zero-order valence-electron chi connectivity index (χ0n) is 12.8. The van der Waals surface area contributed by atoms with Gasteiger partial charge in [0, 0.05) is 0 Å². The summed E-state index contributed by atoms with van der Waals surface area (Å²) in [5.41, 5.74) is 12.0. The average molecular weight is 305 g/mol. The van der Waals surface area contributed by atoms with E-state index in [4.69, 9.17) is 5.73 Å². The lowest BCUT2D eigenvalue weighted by Gasteiger charge is -2.24. The predicted molar refractivity (Wildman–Crippen MR) is 93.0 cm³/mol. The first kappa shape index (κ1) is 15.0. The number of hydrazone groups is 1. The van der Waals surface area contributed by atoms with Gasteiger partial charge in [-0.3, -0.25) is 0 Å². The summed E-state index contributed by atoms with van der Waals surface area (Å²) in [5.74, 6) is 0.338. The van der Waals surface area contributed by atoms with E-state index in [0.29, 0.717) is 5.92 Å². The maximum absolute atomic E-state index is 10.9. The third-order valence-electron chi connectivity index (χ3n) is 3.99. The first-order chi connectivity index (χ1) is 11.2. The second kappa shape index (κ2) is 6.92. The lowest BCUT2D eigenvalue weighted by molar-refractivity contribution is 0.249. The van der Waals surface area contributed by atoms with E-state index in [9.17, 15) is 4.79 Å². The average Bonchev–Trinajstić information content (AvgIpc) is 2.61. The SMILES string of the molecule is NC(=O)N/N=C1/C=C(c2ccccc2)CC(c2ccccc2)C1. The monoisotopic (exact) mass is 305 g/mol. The van der Waals surface area contributed by atoms with Crippen molar-refractivity contribution < 1.29 is 4.79 Å². The molecule has 0 fully saturated rings. The van der Waals surface area contributed by atoms with E-state index < -0.39 is 6.03 Å². The van der Waals surface area contributed by atoms with Gasteiger partial charge in [0.1, 0.15) is 0 Å². The fraction of sp³-hybridized carbons (Fsp3) is 0.158. The summed E-state index contributed by atoms with van der Waals surface area (Å²) in [7, 11) is 0. The number of allylic oxidation sites excluding steroid dienone is 2. The largest absolute Gasteiger partial charge is 0.350 e. The van der Waals surface area contributed by atoms with Crippen molar-refractivity contribution >= 4 is 17.3 Å². The molecule has 0 aliphatic heterocycles. The van der Waals surface area contributed by atoms with E-state index in [1.54, 1.807) is 0 Å². The van der Waals surface area contributed by atoms with E-state index in [1.807, 2.05) is 42.5 Å². The number of urea groups is 1. The number of carbonyl (C=O) groups excluding carboxylic acids is 1. The molecule has 4 heteroatoms. The Morgan fingerprint density at radius 1 is 1.00 bits per heavy atom. The molecule has 2 amide bonds. The molecule has 23 heavy (non-hydrogen) atoms. The summed E-state index contributed by atoms with van der Waals surface area (Å²) < 4.78 is 0. The lowest BCUT2D eigenvalue weighted by Crippen LogP contribution is -2.26. The number of primary amides is 1. The molecule has 2 aromatic rings. The van der Waals surface area contributed by atoms with Crippen LogP contribution in [0.3, 0.4) is 0 Å². The minimum absolute atomic E-state index is 0.338. The minimum Gasteiger partial charge on any atom is -0.350 e. The molecule has 1 aliphatic rings. The smallest absolute Gasteiger partial charge is 0.332 e. The molecule has 3 rings (SSSR count). The number of carbonyl (C=O) groups is 1. The predicted octanol–water partition coefficient (Wildman–Crippen LogP) is 3.67. The van der Waals surface area contributed by atoms with Crippen molar-refractivity contribution in [2.75, 3.05) is 0 Å². The van der Waals surface area contributed by atoms with Gasteiger partial charge in [-0.05, 0) is 41.5 Å². The zero-order valence-corrected chi connectivity index (χ0v) is 12.8. The Hall–Kier alpha value is -2.88. The Morgan fingerprint density at radius 3 is 2.30 bits per heavy atom. The van der Waals surface area contributed by atoms with Crippen LogP contribution in [-0.4, -0.2) is 11.7 Å². The van der Waals surface area contributed by atoms with Crippen molar-refractivity contribution in [3.05, 3.63) is 77.9 Å². The summed E-state index contributed by atoms with van der Waals surface area (Å²) in [4.78, 5) is 10.9. The maximum atomic E-state index is 10.9. The molecule has 1 aliphatic carbocycles. The van der Waals surface area contributed by atoms with Crippen LogP contribution in [0.25, 0.3) is 5.57 Å². The fourth-order valence-corrected chi connectivity index (χ4v) is 2.93. The molecule has 4 nitrogen and oxygen atoms in total. The molecule has 0 bridgehead atoms. The van der Waals surface area contributed by atoms with E-state index >= 15 is 0 Å². The zero-order chi connectivity index (χ0) is 16.1. The highest BCUT2D eigenvalue weighted by atomic mass is 16.2. The molecule has 3 N–H and O–H groups in total. The van der Waals surface area contributed by atoms with E-state index in [1.165, 1.54) is 16.7 Å². The topological polar surface area (TPSA) is 67.5 Å². The Kier molecular flexibility index (Phi) is 4.52. The van der Waals surface area contributed by atoms with Gasteiger partial charge in [0.25, 0.3) is 0 Å². The molecule has 0 spiro atoms. The normalized spacial score (nSPS) is 19.2.